The van der Waals surface area contributed by atoms with E-state index in [1.165, 1.54) is 23.0 Å². The van der Waals surface area contributed by atoms with Gasteiger partial charge in [0.15, 0.2) is 11.4 Å². The van der Waals surface area contributed by atoms with E-state index in [9.17, 15) is 19.1 Å². The minimum absolute atomic E-state index is 0.232. The Morgan fingerprint density at radius 1 is 1.07 bits per heavy atom. The number of hydrogen-bond donors (Lipinski definition) is 4. The highest BCUT2D eigenvalue weighted by molar-refractivity contribution is 5.95. The Morgan fingerprint density at radius 2 is 1.86 bits per heavy atom. The van der Waals surface area contributed by atoms with Gasteiger partial charge in [-0.15, -0.1) is 0 Å². The number of carbonyl (C=O) groups is 2. The molecule has 4 N–H and O–H groups in total. The summed E-state index contributed by atoms with van der Waals surface area (Å²) in [6, 6.07) is 14.4. The normalized spacial score (nSPS) is 10.3. The van der Waals surface area contributed by atoms with Crippen molar-refractivity contribution in [1.29, 1.82) is 0 Å². The molecule has 0 saturated heterocycles. The molecule has 0 saturated carbocycles. The molecule has 0 aliphatic heterocycles. The van der Waals surface area contributed by atoms with Crippen LogP contribution in [0.3, 0.4) is 0 Å². The van der Waals surface area contributed by atoms with E-state index in [4.69, 9.17) is 0 Å². The number of nitrogens with zero attached hydrogens (tertiary/aromatic N) is 2. The van der Waals surface area contributed by atoms with Crippen molar-refractivity contribution in [1.82, 2.24) is 25.9 Å². The summed E-state index contributed by atoms with van der Waals surface area (Å²) in [7, 11) is 0. The Hall–Kier alpha value is -3.88. The lowest BCUT2D eigenvalue weighted by Gasteiger charge is -2.08. The highest BCUT2D eigenvalue weighted by atomic mass is 19.1. The summed E-state index contributed by atoms with van der Waals surface area (Å²) in [5.74, 6) is -1.44. The Kier molecular flexibility index (Phi) is 5.85. The van der Waals surface area contributed by atoms with E-state index in [2.05, 4.69) is 21.3 Å². The Morgan fingerprint density at radius 3 is 2.61 bits per heavy atom. The number of carbonyl (C=O) groups excluding carboxylic acids is 2. The SMILES string of the molecule is O=C(NCCc1cccc(F)c1)NNC(=O)c1nn(-c2ccccc2)cc1O. The predicted octanol–water partition coefficient (Wildman–Crippen LogP) is 1.90. The van der Waals surface area contributed by atoms with E-state index < -0.39 is 11.9 Å². The Labute approximate surface area is 160 Å². The lowest BCUT2D eigenvalue weighted by molar-refractivity contribution is 0.0928. The summed E-state index contributed by atoms with van der Waals surface area (Å²) in [6.07, 6.45) is 1.73. The molecule has 3 aromatic rings. The monoisotopic (exact) mass is 383 g/mol. The van der Waals surface area contributed by atoms with Crippen LogP contribution in [0, 0.1) is 5.82 Å². The van der Waals surface area contributed by atoms with Gasteiger partial charge in [0.2, 0.25) is 0 Å². The number of hydrogen-bond acceptors (Lipinski definition) is 4. The quantitative estimate of drug-likeness (QED) is 0.505. The zero-order valence-electron chi connectivity index (χ0n) is 14.7. The molecule has 0 aliphatic rings. The number of benzene rings is 2. The van der Waals surface area contributed by atoms with Crippen molar-refractivity contribution in [2.75, 3.05) is 6.54 Å². The second-order valence-electron chi connectivity index (χ2n) is 5.86. The molecule has 0 atom stereocenters. The molecule has 1 aromatic heterocycles. The van der Waals surface area contributed by atoms with Crippen molar-refractivity contribution >= 4 is 11.9 Å². The number of aromatic hydroxyl groups is 1. The van der Waals surface area contributed by atoms with Crippen LogP contribution in [0.1, 0.15) is 16.1 Å². The molecule has 0 bridgehead atoms. The molecule has 0 aliphatic carbocycles. The minimum atomic E-state index is -0.771. The summed E-state index contributed by atoms with van der Waals surface area (Å²) in [6.45, 7) is 0.249. The number of aromatic nitrogens is 2. The van der Waals surface area contributed by atoms with Crippen molar-refractivity contribution in [3.63, 3.8) is 0 Å². The van der Waals surface area contributed by atoms with Crippen LogP contribution < -0.4 is 16.2 Å². The maximum Gasteiger partial charge on any atom is 0.333 e. The van der Waals surface area contributed by atoms with Crippen molar-refractivity contribution in [2.24, 2.45) is 0 Å². The van der Waals surface area contributed by atoms with Crippen LogP contribution in [-0.4, -0.2) is 33.4 Å². The second-order valence-corrected chi connectivity index (χ2v) is 5.86. The van der Waals surface area contributed by atoms with E-state index in [0.717, 1.165) is 5.56 Å². The van der Waals surface area contributed by atoms with E-state index in [-0.39, 0.29) is 23.8 Å². The smallest absolute Gasteiger partial charge is 0.333 e. The average Bonchev–Trinajstić information content (AvgIpc) is 3.09. The van der Waals surface area contributed by atoms with Gasteiger partial charge < -0.3 is 10.4 Å². The lowest BCUT2D eigenvalue weighted by Crippen LogP contribution is -2.47. The molecular weight excluding hydrogens is 365 g/mol. The molecule has 144 valence electrons. The van der Waals surface area contributed by atoms with Crippen LogP contribution >= 0.6 is 0 Å². The fraction of sp³-hybridized carbons (Fsp3) is 0.105. The summed E-state index contributed by atoms with van der Waals surface area (Å²) in [4.78, 5) is 23.9. The molecule has 3 amide bonds. The lowest BCUT2D eigenvalue weighted by atomic mass is 10.1. The molecule has 2 aromatic carbocycles. The first kappa shape index (κ1) is 18.9. The third-order valence-electron chi connectivity index (χ3n) is 3.81. The third-order valence-corrected chi connectivity index (χ3v) is 3.81. The topological polar surface area (TPSA) is 108 Å². The van der Waals surface area contributed by atoms with Gasteiger partial charge in [0, 0.05) is 6.54 Å². The zero-order chi connectivity index (χ0) is 19.9. The summed E-state index contributed by atoms with van der Waals surface area (Å²) >= 11 is 0. The molecule has 0 radical (unpaired) electrons. The van der Waals surface area contributed by atoms with Crippen LogP contribution in [0.15, 0.2) is 60.8 Å². The van der Waals surface area contributed by atoms with Crippen LogP contribution in [0.25, 0.3) is 5.69 Å². The van der Waals surface area contributed by atoms with Gasteiger partial charge in [-0.1, -0.05) is 30.3 Å². The Bertz CT molecular complexity index is 975. The highest BCUT2D eigenvalue weighted by Crippen LogP contribution is 2.17. The molecule has 0 unspecified atom stereocenters. The molecule has 9 heteroatoms. The van der Waals surface area contributed by atoms with Gasteiger partial charge in [-0.05, 0) is 36.2 Å². The molecule has 28 heavy (non-hydrogen) atoms. The molecule has 3 rings (SSSR count). The van der Waals surface area contributed by atoms with Crippen molar-refractivity contribution < 1.29 is 19.1 Å². The maximum absolute atomic E-state index is 13.1. The number of halogens is 1. The largest absolute Gasteiger partial charge is 0.504 e. The first-order chi connectivity index (χ1) is 13.5. The number of rotatable bonds is 5. The first-order valence-corrected chi connectivity index (χ1v) is 8.45. The van der Waals surface area contributed by atoms with E-state index >= 15 is 0 Å². The predicted molar refractivity (Wildman–Crippen MR) is 99.3 cm³/mol. The average molecular weight is 383 g/mol. The summed E-state index contributed by atoms with van der Waals surface area (Å²) in [5, 5.41) is 16.5. The van der Waals surface area contributed by atoms with Gasteiger partial charge in [0.1, 0.15) is 5.82 Å². The van der Waals surface area contributed by atoms with Crippen LogP contribution in [0.5, 0.6) is 5.75 Å². The third kappa shape index (κ3) is 4.85. The fourth-order valence-electron chi connectivity index (χ4n) is 2.47. The fourth-order valence-corrected chi connectivity index (χ4v) is 2.47. The van der Waals surface area contributed by atoms with Crippen LogP contribution in [0.4, 0.5) is 9.18 Å². The van der Waals surface area contributed by atoms with Gasteiger partial charge >= 0.3 is 6.03 Å². The van der Waals surface area contributed by atoms with Gasteiger partial charge in [-0.2, -0.15) is 5.10 Å². The van der Waals surface area contributed by atoms with Gasteiger partial charge in [0.25, 0.3) is 5.91 Å². The molecule has 8 nitrogen and oxygen atoms in total. The summed E-state index contributed by atoms with van der Waals surface area (Å²) < 4.78 is 14.4. The number of nitrogens with one attached hydrogen (secondary N) is 3. The molecule has 0 spiro atoms. The first-order valence-electron chi connectivity index (χ1n) is 8.45. The van der Waals surface area contributed by atoms with Gasteiger partial charge in [0.05, 0.1) is 11.9 Å². The van der Waals surface area contributed by atoms with E-state index in [1.54, 1.807) is 36.4 Å². The maximum atomic E-state index is 13.1. The number of para-hydroxylation sites is 1. The number of amides is 3. The van der Waals surface area contributed by atoms with Gasteiger partial charge in [-0.25, -0.2) is 19.3 Å². The molecule has 1 heterocycles. The standard InChI is InChI=1S/C19H18FN5O3/c20-14-6-4-5-13(11-14)9-10-21-19(28)23-22-18(27)17-16(26)12-25(24-17)15-7-2-1-3-8-15/h1-8,11-12,26H,9-10H2,(H,22,27)(H2,21,23,28). The van der Waals surface area contributed by atoms with Crippen molar-refractivity contribution in [3.8, 4) is 11.4 Å². The minimum Gasteiger partial charge on any atom is -0.504 e. The van der Waals surface area contributed by atoms with Crippen LogP contribution in [0.2, 0.25) is 0 Å². The van der Waals surface area contributed by atoms with Crippen molar-refractivity contribution in [2.45, 2.75) is 6.42 Å². The van der Waals surface area contributed by atoms with Crippen molar-refractivity contribution in [3.05, 3.63) is 77.9 Å². The van der Waals surface area contributed by atoms with E-state index in [0.29, 0.717) is 12.1 Å². The number of urea groups is 1. The highest BCUT2D eigenvalue weighted by Gasteiger charge is 2.17. The molecule has 0 fully saturated rings. The Balaban J connectivity index is 1.48. The summed E-state index contributed by atoms with van der Waals surface area (Å²) in [5.41, 5.74) is 5.51. The second kappa shape index (κ2) is 8.67. The number of hydrazine groups is 1. The molecular formula is C19H18FN5O3. The van der Waals surface area contributed by atoms with E-state index in [1.807, 2.05) is 6.07 Å². The zero-order valence-corrected chi connectivity index (χ0v) is 14.7. The van der Waals surface area contributed by atoms with Crippen LogP contribution in [-0.2, 0) is 6.42 Å². The van der Waals surface area contributed by atoms with Gasteiger partial charge in [-0.3, -0.25) is 10.2 Å².